The molecule has 3 aromatic rings. The van der Waals surface area contributed by atoms with E-state index in [0.717, 1.165) is 11.1 Å². The van der Waals surface area contributed by atoms with Gasteiger partial charge in [-0.3, -0.25) is 0 Å². The Balaban J connectivity index is 1.79. The lowest BCUT2D eigenvalue weighted by atomic mass is 10.0. The van der Waals surface area contributed by atoms with Crippen LogP contribution < -0.4 is 9.47 Å². The number of amides is 1. The van der Waals surface area contributed by atoms with Crippen LogP contribution in [-0.4, -0.2) is 34.8 Å². The van der Waals surface area contributed by atoms with E-state index in [9.17, 15) is 9.90 Å². The standard InChI is InChI=1S/C29H35NO5/c1-21(30(5)28(32)35-29(2,3)4)27(31)24-16-17-25(33-19-22-12-8-6-9-13-22)26(18-24)34-20-23-14-10-7-11-15-23/h6-18,21,27,31H,19-20H2,1-5H3/t21-,27-/m0/s1. The third-order valence-corrected chi connectivity index (χ3v) is 5.53. The first-order chi connectivity index (χ1) is 16.6. The second kappa shape index (κ2) is 11.8. The fraction of sp³-hybridized carbons (Fsp3) is 0.345. The molecule has 1 amide bonds. The molecule has 0 aliphatic rings. The third kappa shape index (κ3) is 7.76. The van der Waals surface area contributed by atoms with Gasteiger partial charge in [-0.1, -0.05) is 66.7 Å². The van der Waals surface area contributed by atoms with Gasteiger partial charge >= 0.3 is 6.09 Å². The van der Waals surface area contributed by atoms with Gasteiger partial charge in [-0.15, -0.1) is 0 Å². The van der Waals surface area contributed by atoms with Crippen LogP contribution in [0, 0.1) is 0 Å². The summed E-state index contributed by atoms with van der Waals surface area (Å²) >= 11 is 0. The number of rotatable bonds is 9. The highest BCUT2D eigenvalue weighted by molar-refractivity contribution is 5.68. The van der Waals surface area contributed by atoms with E-state index in [2.05, 4.69) is 0 Å². The van der Waals surface area contributed by atoms with Gasteiger partial charge in [-0.25, -0.2) is 4.79 Å². The lowest BCUT2D eigenvalue weighted by molar-refractivity contribution is 0.00513. The first-order valence-electron chi connectivity index (χ1n) is 11.8. The number of nitrogens with zero attached hydrogens (tertiary/aromatic N) is 1. The lowest BCUT2D eigenvalue weighted by Crippen LogP contribution is -2.42. The van der Waals surface area contributed by atoms with E-state index in [4.69, 9.17) is 14.2 Å². The molecule has 0 unspecified atom stereocenters. The van der Waals surface area contributed by atoms with Gasteiger partial charge in [0.25, 0.3) is 0 Å². The zero-order valence-electron chi connectivity index (χ0n) is 21.1. The van der Waals surface area contributed by atoms with Crippen molar-refractivity contribution in [2.75, 3.05) is 7.05 Å². The Labute approximate surface area is 208 Å². The minimum atomic E-state index is -0.949. The van der Waals surface area contributed by atoms with Crippen molar-refractivity contribution in [3.8, 4) is 11.5 Å². The number of benzene rings is 3. The van der Waals surface area contributed by atoms with E-state index >= 15 is 0 Å². The Kier molecular flexibility index (Phi) is 8.77. The molecule has 0 aromatic heterocycles. The van der Waals surface area contributed by atoms with Crippen molar-refractivity contribution in [1.29, 1.82) is 0 Å². The van der Waals surface area contributed by atoms with Gasteiger partial charge in [0.15, 0.2) is 11.5 Å². The maximum absolute atomic E-state index is 12.5. The van der Waals surface area contributed by atoms with Gasteiger partial charge in [0, 0.05) is 7.05 Å². The van der Waals surface area contributed by atoms with E-state index < -0.39 is 23.8 Å². The van der Waals surface area contributed by atoms with Crippen LogP contribution in [-0.2, 0) is 18.0 Å². The predicted octanol–water partition coefficient (Wildman–Crippen LogP) is 6.13. The quantitative estimate of drug-likeness (QED) is 0.401. The number of likely N-dealkylation sites (N-methyl/N-ethyl adjacent to an activating group) is 1. The summed E-state index contributed by atoms with van der Waals surface area (Å²) in [5.41, 5.74) is 2.05. The Morgan fingerprint density at radius 1 is 0.857 bits per heavy atom. The van der Waals surface area contributed by atoms with Crippen molar-refractivity contribution >= 4 is 6.09 Å². The fourth-order valence-corrected chi connectivity index (χ4v) is 3.40. The van der Waals surface area contributed by atoms with E-state index in [1.807, 2.05) is 81.4 Å². The zero-order valence-corrected chi connectivity index (χ0v) is 21.1. The second-order valence-electron chi connectivity index (χ2n) is 9.53. The van der Waals surface area contributed by atoms with Crippen molar-refractivity contribution in [3.63, 3.8) is 0 Å². The molecule has 0 radical (unpaired) electrons. The number of hydrogen-bond donors (Lipinski definition) is 1. The minimum Gasteiger partial charge on any atom is -0.485 e. The molecule has 0 saturated heterocycles. The molecule has 6 heteroatoms. The summed E-state index contributed by atoms with van der Waals surface area (Å²) in [5, 5.41) is 11.1. The van der Waals surface area contributed by atoms with Gasteiger partial charge in [0.1, 0.15) is 18.8 Å². The molecule has 0 aliphatic carbocycles. The first kappa shape index (κ1) is 26.1. The van der Waals surface area contributed by atoms with Crippen molar-refractivity contribution in [2.45, 2.75) is 58.7 Å². The van der Waals surface area contributed by atoms with Crippen molar-refractivity contribution in [2.24, 2.45) is 0 Å². The highest BCUT2D eigenvalue weighted by Crippen LogP contribution is 2.33. The summed E-state index contributed by atoms with van der Waals surface area (Å²) in [6, 6.07) is 24.6. The van der Waals surface area contributed by atoms with Crippen molar-refractivity contribution in [3.05, 3.63) is 95.6 Å². The summed E-state index contributed by atoms with van der Waals surface area (Å²) in [4.78, 5) is 13.9. The van der Waals surface area contributed by atoms with Crippen molar-refractivity contribution < 1.29 is 24.1 Å². The van der Waals surface area contributed by atoms with E-state index in [0.29, 0.717) is 30.3 Å². The molecular formula is C29H35NO5. The van der Waals surface area contributed by atoms with Crippen LogP contribution in [0.4, 0.5) is 4.79 Å². The molecule has 0 bridgehead atoms. The summed E-state index contributed by atoms with van der Waals surface area (Å²) in [7, 11) is 1.62. The predicted molar refractivity (Wildman–Crippen MR) is 136 cm³/mol. The summed E-state index contributed by atoms with van der Waals surface area (Å²) in [6.45, 7) is 7.95. The minimum absolute atomic E-state index is 0.357. The molecule has 6 nitrogen and oxygen atoms in total. The molecule has 0 aliphatic heterocycles. The van der Waals surface area contributed by atoms with Gasteiger partial charge < -0.3 is 24.2 Å². The summed E-state index contributed by atoms with van der Waals surface area (Å²) in [5.74, 6) is 1.10. The van der Waals surface area contributed by atoms with Crippen LogP contribution in [0.2, 0.25) is 0 Å². The Hall–Kier alpha value is -3.51. The van der Waals surface area contributed by atoms with Crippen LogP contribution in [0.15, 0.2) is 78.9 Å². The molecule has 1 N–H and O–H groups in total. The monoisotopic (exact) mass is 477 g/mol. The Bertz CT molecular complexity index is 1080. The fourth-order valence-electron chi connectivity index (χ4n) is 3.40. The smallest absolute Gasteiger partial charge is 0.410 e. The topological polar surface area (TPSA) is 68.2 Å². The number of carbonyl (C=O) groups is 1. The SMILES string of the molecule is C[C@@H]([C@H](O)c1ccc(OCc2ccccc2)c(OCc2ccccc2)c1)N(C)C(=O)OC(C)(C)C. The summed E-state index contributed by atoms with van der Waals surface area (Å²) in [6.07, 6.45) is -1.44. The van der Waals surface area contributed by atoms with Gasteiger partial charge in [0.2, 0.25) is 0 Å². The number of aliphatic hydroxyl groups is 1. The van der Waals surface area contributed by atoms with E-state index in [-0.39, 0.29) is 0 Å². The molecule has 186 valence electrons. The third-order valence-electron chi connectivity index (χ3n) is 5.53. The normalized spacial score (nSPS) is 13.0. The molecule has 0 fully saturated rings. The lowest BCUT2D eigenvalue weighted by Gasteiger charge is -2.31. The molecule has 0 spiro atoms. The second-order valence-corrected chi connectivity index (χ2v) is 9.53. The molecular weight excluding hydrogens is 442 g/mol. The maximum Gasteiger partial charge on any atom is 0.410 e. The number of carbonyl (C=O) groups excluding carboxylic acids is 1. The molecule has 0 heterocycles. The molecule has 2 atom stereocenters. The number of hydrogen-bond acceptors (Lipinski definition) is 5. The van der Waals surface area contributed by atoms with E-state index in [1.165, 1.54) is 4.90 Å². The first-order valence-corrected chi connectivity index (χ1v) is 11.8. The van der Waals surface area contributed by atoms with E-state index in [1.54, 1.807) is 32.2 Å². The van der Waals surface area contributed by atoms with Crippen LogP contribution >= 0.6 is 0 Å². The number of ether oxygens (including phenoxy) is 3. The van der Waals surface area contributed by atoms with Crippen LogP contribution in [0.3, 0.4) is 0 Å². The molecule has 0 saturated carbocycles. The van der Waals surface area contributed by atoms with Crippen LogP contribution in [0.1, 0.15) is 50.5 Å². The average molecular weight is 478 g/mol. The molecule has 3 rings (SSSR count). The Morgan fingerprint density at radius 2 is 1.37 bits per heavy atom. The molecule has 3 aromatic carbocycles. The summed E-state index contributed by atoms with van der Waals surface area (Å²) < 4.78 is 17.6. The van der Waals surface area contributed by atoms with Crippen molar-refractivity contribution in [1.82, 2.24) is 4.90 Å². The molecule has 35 heavy (non-hydrogen) atoms. The van der Waals surface area contributed by atoms with Crippen LogP contribution in [0.5, 0.6) is 11.5 Å². The average Bonchev–Trinajstić information content (AvgIpc) is 2.85. The highest BCUT2D eigenvalue weighted by atomic mass is 16.6. The maximum atomic E-state index is 12.5. The van der Waals surface area contributed by atoms with Gasteiger partial charge in [0.05, 0.1) is 12.1 Å². The largest absolute Gasteiger partial charge is 0.485 e. The zero-order chi connectivity index (χ0) is 25.4. The van der Waals surface area contributed by atoms with Gasteiger partial charge in [-0.05, 0) is 56.5 Å². The van der Waals surface area contributed by atoms with Gasteiger partial charge in [-0.2, -0.15) is 0 Å². The highest BCUT2D eigenvalue weighted by Gasteiger charge is 2.28. The Morgan fingerprint density at radius 3 is 1.89 bits per heavy atom. The van der Waals surface area contributed by atoms with Crippen LogP contribution in [0.25, 0.3) is 0 Å². The number of aliphatic hydroxyl groups excluding tert-OH is 1.